The molecule has 3 atom stereocenters. The molecule has 2 aliphatic heterocycles. The van der Waals surface area contributed by atoms with E-state index in [4.69, 9.17) is 0 Å². The molecule has 0 aliphatic carbocycles. The molecule has 0 aromatic heterocycles. The number of rotatable bonds is 4. The Morgan fingerprint density at radius 1 is 1.26 bits per heavy atom. The number of nitrogens with zero attached hydrogens (tertiary/aromatic N) is 2. The van der Waals surface area contributed by atoms with Gasteiger partial charge in [0.05, 0.1) is 0 Å². The van der Waals surface area contributed by atoms with Crippen LogP contribution in [0.1, 0.15) is 60.3 Å². The third-order valence-corrected chi connectivity index (χ3v) is 4.94. The standard InChI is InChI=1S/C17H29N3O3/c1-11(2)9-17(5)15(22)19(16(23)18-17)10-14(21)20-12(3)7-6-8-13(20)4/h11-13H,6-10H2,1-5H3,(H,18,23)/t12-,13-,17+/m1/s1. The third kappa shape index (κ3) is 3.51. The van der Waals surface area contributed by atoms with E-state index < -0.39 is 11.6 Å². The highest BCUT2D eigenvalue weighted by Crippen LogP contribution is 2.26. The number of hydrogen-bond acceptors (Lipinski definition) is 3. The number of piperidine rings is 1. The summed E-state index contributed by atoms with van der Waals surface area (Å²) in [6.07, 6.45) is 3.63. The first-order valence-electron chi connectivity index (χ1n) is 8.61. The number of carbonyl (C=O) groups is 3. The highest BCUT2D eigenvalue weighted by molar-refractivity contribution is 6.08. The van der Waals surface area contributed by atoms with Gasteiger partial charge in [0.2, 0.25) is 5.91 Å². The van der Waals surface area contributed by atoms with Crippen LogP contribution in [0.15, 0.2) is 0 Å². The largest absolute Gasteiger partial charge is 0.336 e. The number of imide groups is 1. The molecule has 130 valence electrons. The van der Waals surface area contributed by atoms with Gasteiger partial charge in [0, 0.05) is 12.1 Å². The molecule has 2 saturated heterocycles. The van der Waals surface area contributed by atoms with Crippen LogP contribution in [0.4, 0.5) is 4.79 Å². The van der Waals surface area contributed by atoms with Crippen LogP contribution in [0, 0.1) is 5.92 Å². The number of carbonyl (C=O) groups excluding carboxylic acids is 3. The Morgan fingerprint density at radius 3 is 2.35 bits per heavy atom. The van der Waals surface area contributed by atoms with Crippen molar-refractivity contribution in [3.8, 4) is 0 Å². The van der Waals surface area contributed by atoms with Gasteiger partial charge in [-0.2, -0.15) is 0 Å². The zero-order valence-corrected chi connectivity index (χ0v) is 14.9. The first-order valence-corrected chi connectivity index (χ1v) is 8.61. The van der Waals surface area contributed by atoms with Gasteiger partial charge >= 0.3 is 6.03 Å². The fourth-order valence-electron chi connectivity index (χ4n) is 3.98. The van der Waals surface area contributed by atoms with Gasteiger partial charge in [-0.1, -0.05) is 13.8 Å². The van der Waals surface area contributed by atoms with E-state index in [1.54, 1.807) is 6.92 Å². The topological polar surface area (TPSA) is 69.7 Å². The fraction of sp³-hybridized carbons (Fsp3) is 0.824. The Labute approximate surface area is 138 Å². The molecule has 2 heterocycles. The van der Waals surface area contributed by atoms with Crippen molar-refractivity contribution >= 4 is 17.8 Å². The van der Waals surface area contributed by atoms with E-state index in [1.165, 1.54) is 0 Å². The Kier molecular flexibility index (Phi) is 5.01. The summed E-state index contributed by atoms with van der Waals surface area (Å²) in [4.78, 5) is 40.4. The van der Waals surface area contributed by atoms with Crippen molar-refractivity contribution in [3.63, 3.8) is 0 Å². The van der Waals surface area contributed by atoms with E-state index in [-0.39, 0.29) is 36.4 Å². The fourth-order valence-corrected chi connectivity index (χ4v) is 3.98. The minimum Gasteiger partial charge on any atom is -0.336 e. The normalized spacial score (nSPS) is 31.7. The van der Waals surface area contributed by atoms with Crippen LogP contribution in [-0.2, 0) is 9.59 Å². The molecule has 2 fully saturated rings. The van der Waals surface area contributed by atoms with Crippen LogP contribution in [0.3, 0.4) is 0 Å². The molecule has 0 aromatic rings. The molecule has 0 unspecified atom stereocenters. The number of hydrogen-bond donors (Lipinski definition) is 1. The molecular weight excluding hydrogens is 294 g/mol. The number of urea groups is 1. The quantitative estimate of drug-likeness (QED) is 0.806. The Bertz CT molecular complexity index is 495. The molecule has 0 spiro atoms. The second kappa shape index (κ2) is 6.49. The molecule has 1 N–H and O–H groups in total. The Balaban J connectivity index is 2.09. The summed E-state index contributed by atoms with van der Waals surface area (Å²) in [5.41, 5.74) is -0.898. The van der Waals surface area contributed by atoms with E-state index in [0.29, 0.717) is 6.42 Å². The minimum atomic E-state index is -0.898. The van der Waals surface area contributed by atoms with E-state index in [9.17, 15) is 14.4 Å². The lowest BCUT2D eigenvalue weighted by Gasteiger charge is -2.39. The lowest BCUT2D eigenvalue weighted by Crippen LogP contribution is -2.52. The van der Waals surface area contributed by atoms with Crippen molar-refractivity contribution in [2.24, 2.45) is 5.92 Å². The predicted molar refractivity (Wildman–Crippen MR) is 87.7 cm³/mol. The first kappa shape index (κ1) is 17.8. The van der Waals surface area contributed by atoms with Gasteiger partial charge < -0.3 is 10.2 Å². The summed E-state index contributed by atoms with van der Waals surface area (Å²) in [6, 6.07) is -0.132. The molecule has 2 aliphatic rings. The van der Waals surface area contributed by atoms with Gasteiger partial charge in [0.25, 0.3) is 5.91 Å². The van der Waals surface area contributed by atoms with Gasteiger partial charge in [-0.25, -0.2) is 4.79 Å². The molecule has 23 heavy (non-hydrogen) atoms. The highest BCUT2D eigenvalue weighted by atomic mass is 16.2. The third-order valence-electron chi connectivity index (χ3n) is 4.94. The molecule has 6 nitrogen and oxygen atoms in total. The molecule has 2 rings (SSSR count). The van der Waals surface area contributed by atoms with Crippen molar-refractivity contribution in [2.45, 2.75) is 77.9 Å². The SMILES string of the molecule is CC(C)C[C@]1(C)NC(=O)N(CC(=O)N2[C@H](C)CCC[C@H]2C)C1=O. The molecular formula is C17H29N3O3. The molecule has 6 heteroatoms. The van der Waals surface area contributed by atoms with Crippen molar-refractivity contribution in [3.05, 3.63) is 0 Å². The molecule has 0 bridgehead atoms. The van der Waals surface area contributed by atoms with Crippen molar-refractivity contribution in [1.29, 1.82) is 0 Å². The van der Waals surface area contributed by atoms with Gasteiger partial charge in [0.15, 0.2) is 0 Å². The monoisotopic (exact) mass is 323 g/mol. The maximum absolute atomic E-state index is 12.7. The lowest BCUT2D eigenvalue weighted by atomic mass is 9.91. The van der Waals surface area contributed by atoms with Gasteiger partial charge in [-0.15, -0.1) is 0 Å². The maximum atomic E-state index is 12.7. The Hall–Kier alpha value is -1.59. The summed E-state index contributed by atoms with van der Waals surface area (Å²) < 4.78 is 0. The molecule has 0 aromatic carbocycles. The zero-order chi connectivity index (χ0) is 17.4. The van der Waals surface area contributed by atoms with Gasteiger partial charge in [-0.05, 0) is 52.4 Å². The van der Waals surface area contributed by atoms with Crippen LogP contribution in [0.5, 0.6) is 0 Å². The average Bonchev–Trinajstić information content (AvgIpc) is 2.61. The van der Waals surface area contributed by atoms with Crippen molar-refractivity contribution < 1.29 is 14.4 Å². The summed E-state index contributed by atoms with van der Waals surface area (Å²) in [5, 5.41) is 2.76. The zero-order valence-electron chi connectivity index (χ0n) is 14.9. The van der Waals surface area contributed by atoms with E-state index in [2.05, 4.69) is 5.32 Å². The predicted octanol–water partition coefficient (Wildman–Crippen LogP) is 2.13. The summed E-state index contributed by atoms with van der Waals surface area (Å²) in [5.74, 6) is -0.147. The summed E-state index contributed by atoms with van der Waals surface area (Å²) in [6.45, 7) is 9.66. The van der Waals surface area contributed by atoms with Gasteiger partial charge in [-0.3, -0.25) is 14.5 Å². The van der Waals surface area contributed by atoms with Crippen molar-refractivity contribution in [2.75, 3.05) is 6.54 Å². The Morgan fingerprint density at radius 2 is 1.83 bits per heavy atom. The maximum Gasteiger partial charge on any atom is 0.325 e. The van der Waals surface area contributed by atoms with Crippen LogP contribution in [0.25, 0.3) is 0 Å². The first-order chi connectivity index (χ1) is 10.7. The van der Waals surface area contributed by atoms with Crippen LogP contribution >= 0.6 is 0 Å². The van der Waals surface area contributed by atoms with Crippen LogP contribution in [-0.4, -0.2) is 51.8 Å². The summed E-state index contributed by atoms with van der Waals surface area (Å²) >= 11 is 0. The van der Waals surface area contributed by atoms with E-state index in [1.807, 2.05) is 32.6 Å². The molecule has 0 radical (unpaired) electrons. The average molecular weight is 323 g/mol. The van der Waals surface area contributed by atoms with E-state index in [0.717, 1.165) is 24.2 Å². The van der Waals surface area contributed by atoms with E-state index >= 15 is 0 Å². The second-order valence-corrected chi connectivity index (χ2v) is 7.68. The second-order valence-electron chi connectivity index (χ2n) is 7.68. The summed E-state index contributed by atoms with van der Waals surface area (Å²) in [7, 11) is 0. The minimum absolute atomic E-state index is 0.137. The van der Waals surface area contributed by atoms with Crippen LogP contribution < -0.4 is 5.32 Å². The number of likely N-dealkylation sites (tertiary alicyclic amines) is 1. The van der Waals surface area contributed by atoms with Crippen LogP contribution in [0.2, 0.25) is 0 Å². The molecule has 4 amide bonds. The smallest absolute Gasteiger partial charge is 0.325 e. The molecule has 0 saturated carbocycles. The number of amides is 4. The highest BCUT2D eigenvalue weighted by Gasteiger charge is 2.49. The lowest BCUT2D eigenvalue weighted by molar-refractivity contribution is -0.142. The van der Waals surface area contributed by atoms with Gasteiger partial charge in [0.1, 0.15) is 12.1 Å². The van der Waals surface area contributed by atoms with Crippen molar-refractivity contribution in [1.82, 2.24) is 15.1 Å². The number of nitrogens with one attached hydrogen (secondary N) is 1.